The van der Waals surface area contributed by atoms with Crippen molar-refractivity contribution in [1.29, 1.82) is 0 Å². The number of rotatable bonds is 7. The van der Waals surface area contributed by atoms with Crippen molar-refractivity contribution in [3.8, 4) is 5.75 Å². The lowest BCUT2D eigenvalue weighted by molar-refractivity contribution is -0.128. The Morgan fingerprint density at radius 3 is 2.36 bits per heavy atom. The summed E-state index contributed by atoms with van der Waals surface area (Å²) >= 11 is 12.0. The van der Waals surface area contributed by atoms with Crippen LogP contribution in [0.5, 0.6) is 5.75 Å². The zero-order chi connectivity index (χ0) is 20.3. The normalized spacial score (nSPS) is 15.4. The zero-order valence-corrected chi connectivity index (χ0v) is 17.2. The molecule has 2 aromatic rings. The fourth-order valence-electron chi connectivity index (χ4n) is 2.67. The number of hydrogen-bond acceptors (Lipinski definition) is 3. The third-order valence-corrected chi connectivity index (χ3v) is 5.08. The van der Waals surface area contributed by atoms with Crippen molar-refractivity contribution in [1.82, 2.24) is 5.32 Å². The molecule has 148 valence electrons. The fourth-order valence-corrected chi connectivity index (χ4v) is 3.13. The van der Waals surface area contributed by atoms with E-state index in [9.17, 15) is 9.59 Å². The van der Waals surface area contributed by atoms with Gasteiger partial charge >= 0.3 is 0 Å². The number of nitrogens with one attached hydrogen (secondary N) is 2. The van der Waals surface area contributed by atoms with Crippen LogP contribution in [-0.2, 0) is 9.59 Å². The molecule has 2 N–H and O–H groups in total. The molecular formula is C21H22Cl2N2O3. The molecule has 0 spiro atoms. The number of amides is 2. The van der Waals surface area contributed by atoms with Gasteiger partial charge in [0, 0.05) is 16.6 Å². The van der Waals surface area contributed by atoms with Gasteiger partial charge in [0.25, 0.3) is 5.91 Å². The molecule has 1 aliphatic rings. The van der Waals surface area contributed by atoms with E-state index in [1.165, 1.54) is 0 Å². The fraction of sp³-hybridized carbons (Fsp3) is 0.333. The molecule has 0 heterocycles. The van der Waals surface area contributed by atoms with Crippen LogP contribution in [0.1, 0.15) is 38.3 Å². The maximum Gasteiger partial charge on any atom is 0.261 e. The van der Waals surface area contributed by atoms with E-state index in [-0.39, 0.29) is 23.8 Å². The monoisotopic (exact) mass is 420 g/mol. The second-order valence-electron chi connectivity index (χ2n) is 6.95. The van der Waals surface area contributed by atoms with Crippen LogP contribution in [0.2, 0.25) is 10.0 Å². The van der Waals surface area contributed by atoms with Crippen LogP contribution in [0, 0.1) is 5.92 Å². The second kappa shape index (κ2) is 8.84. The van der Waals surface area contributed by atoms with Gasteiger partial charge in [0.1, 0.15) is 5.75 Å². The summed E-state index contributed by atoms with van der Waals surface area (Å²) in [5.41, 5.74) is 1.68. The van der Waals surface area contributed by atoms with E-state index in [0.717, 1.165) is 24.1 Å². The lowest BCUT2D eigenvalue weighted by Crippen LogP contribution is -2.37. The van der Waals surface area contributed by atoms with Crippen molar-refractivity contribution in [3.63, 3.8) is 0 Å². The quantitative estimate of drug-likeness (QED) is 0.662. The highest BCUT2D eigenvalue weighted by molar-refractivity contribution is 6.35. The molecule has 3 rings (SSSR count). The molecular weight excluding hydrogens is 399 g/mol. The van der Waals surface area contributed by atoms with Crippen molar-refractivity contribution in [2.45, 2.75) is 38.8 Å². The summed E-state index contributed by atoms with van der Waals surface area (Å²) in [6.07, 6.45) is 1.21. The molecule has 0 aromatic heterocycles. The van der Waals surface area contributed by atoms with Gasteiger partial charge in [-0.15, -0.1) is 0 Å². The average molecular weight is 421 g/mol. The molecule has 28 heavy (non-hydrogen) atoms. The Bertz CT molecular complexity index is 866. The van der Waals surface area contributed by atoms with Crippen LogP contribution in [0.4, 0.5) is 5.69 Å². The molecule has 5 nitrogen and oxygen atoms in total. The number of carbonyl (C=O) groups is 2. The number of anilines is 1. The van der Waals surface area contributed by atoms with Crippen LogP contribution in [-0.4, -0.2) is 17.9 Å². The summed E-state index contributed by atoms with van der Waals surface area (Å²) in [6, 6.07) is 12.1. The van der Waals surface area contributed by atoms with E-state index < -0.39 is 6.10 Å². The van der Waals surface area contributed by atoms with Gasteiger partial charge < -0.3 is 15.4 Å². The standard InChI is InChI=1S/C21H22Cl2N2O3/c1-12(14-5-8-17(9-6-14)25-21(27)15-3-4-15)24-20(26)13(2)28-19-10-7-16(22)11-18(19)23/h5-13,15H,3-4H2,1-2H3,(H,24,26)(H,25,27). The topological polar surface area (TPSA) is 67.4 Å². The Morgan fingerprint density at radius 1 is 1.07 bits per heavy atom. The van der Waals surface area contributed by atoms with Crippen molar-refractivity contribution >= 4 is 40.7 Å². The zero-order valence-electron chi connectivity index (χ0n) is 15.7. The van der Waals surface area contributed by atoms with E-state index >= 15 is 0 Å². The first-order chi connectivity index (χ1) is 13.3. The summed E-state index contributed by atoms with van der Waals surface area (Å²) in [5.74, 6) is 0.371. The predicted octanol–water partition coefficient (Wildman–Crippen LogP) is 4.99. The van der Waals surface area contributed by atoms with Gasteiger partial charge in [-0.25, -0.2) is 0 Å². The van der Waals surface area contributed by atoms with Gasteiger partial charge in [-0.05, 0) is 62.6 Å². The molecule has 1 fully saturated rings. The van der Waals surface area contributed by atoms with Crippen LogP contribution < -0.4 is 15.4 Å². The Kier molecular flexibility index (Phi) is 6.47. The Morgan fingerprint density at radius 2 is 1.75 bits per heavy atom. The Balaban J connectivity index is 1.54. The lowest BCUT2D eigenvalue weighted by Gasteiger charge is -2.20. The van der Waals surface area contributed by atoms with E-state index in [1.54, 1.807) is 25.1 Å². The van der Waals surface area contributed by atoms with Crippen LogP contribution >= 0.6 is 23.2 Å². The molecule has 0 aliphatic heterocycles. The summed E-state index contributed by atoms with van der Waals surface area (Å²) in [6.45, 7) is 3.54. The van der Waals surface area contributed by atoms with Crippen molar-refractivity contribution in [2.75, 3.05) is 5.32 Å². The molecule has 0 saturated heterocycles. The SMILES string of the molecule is CC(Oc1ccc(Cl)cc1Cl)C(=O)NC(C)c1ccc(NC(=O)C2CC2)cc1. The van der Waals surface area contributed by atoms with Crippen molar-refractivity contribution in [3.05, 3.63) is 58.1 Å². The van der Waals surface area contributed by atoms with Gasteiger partial charge in [0.15, 0.2) is 6.10 Å². The number of ether oxygens (including phenoxy) is 1. The van der Waals surface area contributed by atoms with Crippen LogP contribution in [0.25, 0.3) is 0 Å². The maximum atomic E-state index is 12.4. The van der Waals surface area contributed by atoms with Gasteiger partial charge in [0.05, 0.1) is 11.1 Å². The minimum absolute atomic E-state index is 0.0703. The molecule has 2 amide bonds. The lowest BCUT2D eigenvalue weighted by atomic mass is 10.1. The second-order valence-corrected chi connectivity index (χ2v) is 7.79. The molecule has 2 aromatic carbocycles. The Hall–Kier alpha value is -2.24. The summed E-state index contributed by atoms with van der Waals surface area (Å²) in [5, 5.41) is 6.66. The first-order valence-electron chi connectivity index (χ1n) is 9.16. The maximum absolute atomic E-state index is 12.4. The van der Waals surface area contributed by atoms with Crippen molar-refractivity contribution in [2.24, 2.45) is 5.92 Å². The summed E-state index contributed by atoms with van der Waals surface area (Å²) in [7, 11) is 0. The highest BCUT2D eigenvalue weighted by Gasteiger charge is 2.29. The Labute approximate surface area is 174 Å². The molecule has 1 aliphatic carbocycles. The molecule has 7 heteroatoms. The van der Waals surface area contributed by atoms with Crippen LogP contribution in [0.15, 0.2) is 42.5 Å². The van der Waals surface area contributed by atoms with Gasteiger partial charge in [-0.1, -0.05) is 35.3 Å². The molecule has 0 bridgehead atoms. The van der Waals surface area contributed by atoms with Crippen LogP contribution in [0.3, 0.4) is 0 Å². The number of halogens is 2. The first-order valence-corrected chi connectivity index (χ1v) is 9.92. The number of carbonyl (C=O) groups excluding carboxylic acids is 2. The minimum atomic E-state index is -0.724. The highest BCUT2D eigenvalue weighted by Crippen LogP contribution is 2.30. The third kappa shape index (κ3) is 5.40. The minimum Gasteiger partial charge on any atom is -0.479 e. The van der Waals surface area contributed by atoms with Crippen molar-refractivity contribution < 1.29 is 14.3 Å². The number of hydrogen-bond donors (Lipinski definition) is 2. The predicted molar refractivity (Wildman–Crippen MR) is 111 cm³/mol. The molecule has 1 saturated carbocycles. The third-order valence-electron chi connectivity index (χ3n) is 4.55. The summed E-state index contributed by atoms with van der Waals surface area (Å²) < 4.78 is 5.64. The van der Waals surface area contributed by atoms with Gasteiger partial charge in [-0.3, -0.25) is 9.59 Å². The van der Waals surface area contributed by atoms with E-state index in [1.807, 2.05) is 31.2 Å². The van der Waals surface area contributed by atoms with E-state index in [4.69, 9.17) is 27.9 Å². The molecule has 2 atom stereocenters. The summed E-state index contributed by atoms with van der Waals surface area (Å²) in [4.78, 5) is 24.2. The van der Waals surface area contributed by atoms with Gasteiger partial charge in [-0.2, -0.15) is 0 Å². The molecule has 0 radical (unpaired) electrons. The highest BCUT2D eigenvalue weighted by atomic mass is 35.5. The first kappa shape index (κ1) is 20.5. The molecule has 2 unspecified atom stereocenters. The smallest absolute Gasteiger partial charge is 0.261 e. The largest absolute Gasteiger partial charge is 0.479 e. The average Bonchev–Trinajstić information content (AvgIpc) is 3.49. The van der Waals surface area contributed by atoms with E-state index in [2.05, 4.69) is 10.6 Å². The number of benzene rings is 2. The van der Waals surface area contributed by atoms with E-state index in [0.29, 0.717) is 15.8 Å². The van der Waals surface area contributed by atoms with Gasteiger partial charge in [0.2, 0.25) is 5.91 Å².